The zero-order valence-corrected chi connectivity index (χ0v) is 13.6. The molecule has 0 fully saturated rings. The van der Waals surface area contributed by atoms with Gasteiger partial charge in [-0.25, -0.2) is 0 Å². The van der Waals surface area contributed by atoms with E-state index in [1.54, 1.807) is 0 Å². The Hall–Kier alpha value is -1.02. The van der Waals surface area contributed by atoms with Crippen LogP contribution in [-0.4, -0.2) is 8.32 Å². The van der Waals surface area contributed by atoms with Gasteiger partial charge in [-0.2, -0.15) is 0 Å². The summed E-state index contributed by atoms with van der Waals surface area (Å²) < 4.78 is 6.22. The average molecular weight is 262 g/mol. The van der Waals surface area contributed by atoms with E-state index in [9.17, 15) is 0 Å². The van der Waals surface area contributed by atoms with Gasteiger partial charge in [0.1, 0.15) is 0 Å². The molecule has 0 bridgehead atoms. The van der Waals surface area contributed by atoms with Gasteiger partial charge < -0.3 is 4.43 Å². The number of rotatable bonds is 4. The molecular formula is C16H26OSi. The van der Waals surface area contributed by atoms with E-state index >= 15 is 0 Å². The summed E-state index contributed by atoms with van der Waals surface area (Å²) in [6.45, 7) is 13.4. The highest BCUT2D eigenvalue weighted by molar-refractivity contribution is 6.74. The molecule has 0 aliphatic carbocycles. The molecule has 0 heterocycles. The Kier molecular flexibility index (Phi) is 4.80. The smallest absolute Gasteiger partial charge is 0.250 e. The normalized spacial score (nSPS) is 13.6. The van der Waals surface area contributed by atoms with E-state index in [0.29, 0.717) is 0 Å². The van der Waals surface area contributed by atoms with Crippen LogP contribution < -0.4 is 0 Å². The second-order valence-electron chi connectivity index (χ2n) is 6.37. The van der Waals surface area contributed by atoms with Crippen LogP contribution in [0.5, 0.6) is 0 Å². The summed E-state index contributed by atoms with van der Waals surface area (Å²) in [5.74, 6) is 1.06. The first-order chi connectivity index (χ1) is 8.22. The second kappa shape index (κ2) is 5.74. The quantitative estimate of drug-likeness (QED) is 0.538. The molecular weight excluding hydrogens is 236 g/mol. The zero-order valence-electron chi connectivity index (χ0n) is 12.6. The van der Waals surface area contributed by atoms with E-state index in [4.69, 9.17) is 4.43 Å². The van der Waals surface area contributed by atoms with E-state index in [1.165, 1.54) is 5.56 Å². The van der Waals surface area contributed by atoms with Crippen LogP contribution in [0.25, 0.3) is 0 Å². The molecule has 18 heavy (non-hydrogen) atoms. The predicted molar refractivity (Wildman–Crippen MR) is 82.2 cm³/mol. The molecule has 1 nitrogen and oxygen atoms in total. The second-order valence-corrected chi connectivity index (χ2v) is 11.1. The Morgan fingerprint density at radius 3 is 2.22 bits per heavy atom. The van der Waals surface area contributed by atoms with Crippen molar-refractivity contribution in [2.75, 3.05) is 0 Å². The van der Waals surface area contributed by atoms with Crippen LogP contribution in [0.2, 0.25) is 18.1 Å². The largest absolute Gasteiger partial charge is 0.547 e. The van der Waals surface area contributed by atoms with Crippen LogP contribution in [0.1, 0.15) is 33.3 Å². The first-order valence-electron chi connectivity index (χ1n) is 6.62. The number of hydrogen-bond acceptors (Lipinski definition) is 1. The molecule has 100 valence electrons. The van der Waals surface area contributed by atoms with Gasteiger partial charge >= 0.3 is 0 Å². The third-order valence-corrected chi connectivity index (χ3v) is 8.14. The molecule has 0 amide bonds. The Balaban J connectivity index is 2.63. The molecule has 0 N–H and O–H groups in total. The maximum Gasteiger partial charge on any atom is 0.250 e. The molecule has 0 spiro atoms. The molecule has 0 aliphatic heterocycles. The van der Waals surface area contributed by atoms with Crippen molar-refractivity contribution in [3.63, 3.8) is 0 Å². The summed E-state index contributed by atoms with van der Waals surface area (Å²) in [6, 6.07) is 10.5. The fraction of sp³-hybridized carbons (Fsp3) is 0.500. The Morgan fingerprint density at radius 1 is 1.17 bits per heavy atom. The molecule has 0 saturated carbocycles. The van der Waals surface area contributed by atoms with Crippen LogP contribution in [0, 0.1) is 0 Å². The summed E-state index contributed by atoms with van der Waals surface area (Å²) in [5.41, 5.74) is 1.33. The minimum absolute atomic E-state index is 0.259. The lowest BCUT2D eigenvalue weighted by Gasteiger charge is -2.36. The molecule has 1 aromatic rings. The molecule has 2 heteroatoms. The lowest BCUT2D eigenvalue weighted by atomic mass is 10.1. The Labute approximate surface area is 113 Å². The van der Waals surface area contributed by atoms with Gasteiger partial charge in [0, 0.05) is 0 Å². The van der Waals surface area contributed by atoms with E-state index < -0.39 is 8.32 Å². The predicted octanol–water partition coefficient (Wildman–Crippen LogP) is 5.15. The van der Waals surface area contributed by atoms with Crippen molar-refractivity contribution in [3.8, 4) is 0 Å². The monoisotopic (exact) mass is 262 g/mol. The van der Waals surface area contributed by atoms with Crippen molar-refractivity contribution in [3.05, 3.63) is 47.7 Å². The molecule has 0 aliphatic rings. The first-order valence-corrected chi connectivity index (χ1v) is 9.53. The Morgan fingerprint density at radius 2 is 1.72 bits per heavy atom. The number of hydrogen-bond donors (Lipinski definition) is 0. The minimum atomic E-state index is -1.67. The maximum absolute atomic E-state index is 6.22. The van der Waals surface area contributed by atoms with Crippen molar-refractivity contribution in [2.24, 2.45) is 0 Å². The summed E-state index contributed by atoms with van der Waals surface area (Å²) in [7, 11) is -1.67. The van der Waals surface area contributed by atoms with Gasteiger partial charge in [-0.05, 0) is 43.1 Å². The van der Waals surface area contributed by atoms with Gasteiger partial charge in [-0.3, -0.25) is 0 Å². The highest BCUT2D eigenvalue weighted by Crippen LogP contribution is 2.37. The average Bonchev–Trinajstić information content (AvgIpc) is 2.26. The highest BCUT2D eigenvalue weighted by Gasteiger charge is 2.38. The summed E-state index contributed by atoms with van der Waals surface area (Å²) in [5, 5.41) is 0.259. The van der Waals surface area contributed by atoms with Crippen molar-refractivity contribution >= 4 is 8.32 Å². The summed E-state index contributed by atoms with van der Waals surface area (Å²) >= 11 is 0. The van der Waals surface area contributed by atoms with E-state index in [-0.39, 0.29) is 5.04 Å². The minimum Gasteiger partial charge on any atom is -0.547 e. The molecule has 0 saturated heterocycles. The maximum atomic E-state index is 6.22. The van der Waals surface area contributed by atoms with Gasteiger partial charge in [0.25, 0.3) is 0 Å². The summed E-state index contributed by atoms with van der Waals surface area (Å²) in [4.78, 5) is 0. The number of benzene rings is 1. The van der Waals surface area contributed by atoms with Crippen LogP contribution in [0.15, 0.2) is 42.2 Å². The third kappa shape index (κ3) is 4.34. The van der Waals surface area contributed by atoms with Crippen LogP contribution >= 0.6 is 0 Å². The standard InChI is InChI=1S/C16H26OSi/c1-14(17-18(5,6)16(2,3)4)12-13-15-10-8-7-9-11-15/h7-12H,13H2,1-6H3/b14-12-. The SMILES string of the molecule is C/C(=C/Cc1ccccc1)O[Si](C)(C)C(C)(C)C. The fourth-order valence-electron chi connectivity index (χ4n) is 1.47. The van der Waals surface area contributed by atoms with Gasteiger partial charge in [-0.15, -0.1) is 0 Å². The van der Waals surface area contributed by atoms with Crippen molar-refractivity contribution in [1.82, 2.24) is 0 Å². The van der Waals surface area contributed by atoms with E-state index in [0.717, 1.165) is 12.2 Å². The fourth-order valence-corrected chi connectivity index (χ4v) is 2.67. The highest BCUT2D eigenvalue weighted by atomic mass is 28.4. The van der Waals surface area contributed by atoms with Crippen LogP contribution in [0.4, 0.5) is 0 Å². The van der Waals surface area contributed by atoms with Crippen molar-refractivity contribution in [1.29, 1.82) is 0 Å². The molecule has 0 radical (unpaired) electrons. The van der Waals surface area contributed by atoms with Gasteiger partial charge in [0.15, 0.2) is 0 Å². The van der Waals surface area contributed by atoms with Crippen LogP contribution in [0.3, 0.4) is 0 Å². The van der Waals surface area contributed by atoms with Gasteiger partial charge in [0.2, 0.25) is 8.32 Å². The zero-order chi connectivity index (χ0) is 13.8. The Bertz CT molecular complexity index is 399. The van der Waals surface area contributed by atoms with Gasteiger partial charge in [-0.1, -0.05) is 51.1 Å². The first kappa shape index (κ1) is 15.0. The third-order valence-electron chi connectivity index (χ3n) is 3.69. The lowest BCUT2D eigenvalue weighted by molar-refractivity contribution is 0.384. The van der Waals surface area contributed by atoms with E-state index in [1.807, 2.05) is 6.07 Å². The topological polar surface area (TPSA) is 9.23 Å². The molecule has 1 aromatic carbocycles. The molecule has 0 unspecified atom stereocenters. The number of allylic oxidation sites excluding steroid dienone is 2. The van der Waals surface area contributed by atoms with E-state index in [2.05, 4.69) is 71.1 Å². The molecule has 0 aromatic heterocycles. The van der Waals surface area contributed by atoms with Crippen molar-refractivity contribution in [2.45, 2.75) is 52.2 Å². The lowest BCUT2D eigenvalue weighted by Crippen LogP contribution is -2.40. The van der Waals surface area contributed by atoms with Crippen LogP contribution in [-0.2, 0) is 10.8 Å². The summed E-state index contributed by atoms with van der Waals surface area (Å²) in [6.07, 6.45) is 3.14. The molecule has 1 rings (SSSR count). The van der Waals surface area contributed by atoms with Crippen molar-refractivity contribution < 1.29 is 4.43 Å². The molecule has 0 atom stereocenters. The van der Waals surface area contributed by atoms with Gasteiger partial charge in [0.05, 0.1) is 5.76 Å².